The maximum atomic E-state index is 12.5. The number of anilines is 1. The number of ether oxygens (including phenoxy) is 3. The quantitative estimate of drug-likeness (QED) is 0.591. The van der Waals surface area contributed by atoms with E-state index in [0.717, 1.165) is 25.3 Å². The number of carbonyl (C=O) groups is 2. The SMILES string of the molecule is COc1cc(C(=O)NCC(=O)Nc2nc(CN3CCCC(C)C3)cs2)cc(OC)c1OC. The van der Waals surface area contributed by atoms with Crippen LogP contribution >= 0.6 is 11.3 Å². The lowest BCUT2D eigenvalue weighted by molar-refractivity contribution is -0.115. The van der Waals surface area contributed by atoms with Gasteiger partial charge in [0.15, 0.2) is 16.6 Å². The van der Waals surface area contributed by atoms with E-state index in [2.05, 4.69) is 27.4 Å². The third-order valence-corrected chi connectivity index (χ3v) is 6.07. The second-order valence-electron chi connectivity index (χ2n) is 7.77. The predicted molar refractivity (Wildman–Crippen MR) is 123 cm³/mol. The smallest absolute Gasteiger partial charge is 0.251 e. The monoisotopic (exact) mass is 462 g/mol. The maximum absolute atomic E-state index is 12.5. The molecule has 1 aliphatic heterocycles. The molecule has 1 aliphatic rings. The van der Waals surface area contributed by atoms with Gasteiger partial charge in [-0.1, -0.05) is 6.92 Å². The summed E-state index contributed by atoms with van der Waals surface area (Å²) in [4.78, 5) is 31.7. The average Bonchev–Trinajstić information content (AvgIpc) is 3.22. The molecule has 1 aromatic heterocycles. The first-order valence-corrected chi connectivity index (χ1v) is 11.4. The summed E-state index contributed by atoms with van der Waals surface area (Å²) in [6.07, 6.45) is 2.48. The van der Waals surface area contributed by atoms with Gasteiger partial charge >= 0.3 is 0 Å². The zero-order chi connectivity index (χ0) is 23.1. The largest absolute Gasteiger partial charge is 0.493 e. The Bertz CT molecular complexity index is 923. The molecule has 1 fully saturated rings. The Labute approximate surface area is 192 Å². The lowest BCUT2D eigenvalue weighted by atomic mass is 10.0. The number of likely N-dealkylation sites (tertiary alicyclic amines) is 1. The van der Waals surface area contributed by atoms with Crippen molar-refractivity contribution < 1.29 is 23.8 Å². The van der Waals surface area contributed by atoms with Crippen LogP contribution in [0.25, 0.3) is 0 Å². The number of thiazole rings is 1. The molecule has 0 bridgehead atoms. The van der Waals surface area contributed by atoms with Crippen LogP contribution in [0.3, 0.4) is 0 Å². The summed E-state index contributed by atoms with van der Waals surface area (Å²) in [5.41, 5.74) is 1.24. The van der Waals surface area contributed by atoms with Crippen molar-refractivity contribution in [2.24, 2.45) is 5.92 Å². The molecule has 0 spiro atoms. The number of methoxy groups -OCH3 is 3. The molecule has 3 rings (SSSR count). The number of hydrogen-bond donors (Lipinski definition) is 2. The lowest BCUT2D eigenvalue weighted by Crippen LogP contribution is -2.34. The van der Waals surface area contributed by atoms with Gasteiger partial charge in [0.2, 0.25) is 11.7 Å². The standard InChI is InChI=1S/C22H30N4O5S/c1-14-6-5-7-26(11-14)12-16-13-32-22(24-16)25-19(27)10-23-21(28)15-8-17(29-2)20(31-4)18(9-15)30-3/h8-9,13-14H,5-7,10-12H2,1-4H3,(H,23,28)(H,24,25,27). The molecule has 10 heteroatoms. The number of amides is 2. The molecule has 1 saturated heterocycles. The van der Waals surface area contributed by atoms with Crippen LogP contribution in [0, 0.1) is 5.92 Å². The van der Waals surface area contributed by atoms with Gasteiger partial charge in [-0.25, -0.2) is 4.98 Å². The normalized spacial score (nSPS) is 16.3. The van der Waals surface area contributed by atoms with E-state index in [1.54, 1.807) is 0 Å². The van der Waals surface area contributed by atoms with Gasteiger partial charge in [0.1, 0.15) is 0 Å². The fraction of sp³-hybridized carbons (Fsp3) is 0.500. The van der Waals surface area contributed by atoms with Crippen LogP contribution in [-0.2, 0) is 11.3 Å². The zero-order valence-electron chi connectivity index (χ0n) is 18.9. The van der Waals surface area contributed by atoms with Gasteiger partial charge < -0.3 is 24.8 Å². The molecule has 174 valence electrons. The molecule has 1 unspecified atom stereocenters. The Morgan fingerprint density at radius 2 is 1.91 bits per heavy atom. The molecule has 9 nitrogen and oxygen atoms in total. The Balaban J connectivity index is 1.53. The molecule has 2 aromatic rings. The summed E-state index contributed by atoms with van der Waals surface area (Å²) in [6, 6.07) is 3.06. The minimum absolute atomic E-state index is 0.186. The molecular weight excluding hydrogens is 432 g/mol. The summed E-state index contributed by atoms with van der Waals surface area (Å²) in [7, 11) is 4.43. The van der Waals surface area contributed by atoms with Crippen molar-refractivity contribution in [1.82, 2.24) is 15.2 Å². The number of benzene rings is 1. The van der Waals surface area contributed by atoms with Gasteiger partial charge in [0.25, 0.3) is 5.91 Å². The highest BCUT2D eigenvalue weighted by Crippen LogP contribution is 2.38. The molecule has 32 heavy (non-hydrogen) atoms. The van der Waals surface area contributed by atoms with Crippen molar-refractivity contribution in [3.8, 4) is 17.2 Å². The van der Waals surface area contributed by atoms with Crippen LogP contribution in [0.1, 0.15) is 35.8 Å². The minimum Gasteiger partial charge on any atom is -0.493 e. The Morgan fingerprint density at radius 3 is 2.53 bits per heavy atom. The second-order valence-corrected chi connectivity index (χ2v) is 8.63. The number of nitrogens with one attached hydrogen (secondary N) is 2. The van der Waals surface area contributed by atoms with Gasteiger partial charge in [-0.05, 0) is 37.4 Å². The maximum Gasteiger partial charge on any atom is 0.251 e. The van der Waals surface area contributed by atoms with E-state index < -0.39 is 5.91 Å². The van der Waals surface area contributed by atoms with Crippen molar-refractivity contribution in [3.05, 3.63) is 28.8 Å². The molecule has 2 heterocycles. The van der Waals surface area contributed by atoms with Gasteiger partial charge in [-0.15, -0.1) is 11.3 Å². The fourth-order valence-electron chi connectivity index (χ4n) is 3.73. The highest BCUT2D eigenvalue weighted by atomic mass is 32.1. The molecule has 2 amide bonds. The van der Waals surface area contributed by atoms with Gasteiger partial charge in [0, 0.05) is 24.0 Å². The first kappa shape index (κ1) is 23.8. The molecule has 0 aliphatic carbocycles. The van der Waals surface area contributed by atoms with Gasteiger partial charge in [0.05, 0.1) is 33.6 Å². The predicted octanol–water partition coefficient (Wildman–Crippen LogP) is 2.77. The van der Waals surface area contributed by atoms with Crippen LogP contribution in [0.15, 0.2) is 17.5 Å². The van der Waals surface area contributed by atoms with Crippen LogP contribution in [0.5, 0.6) is 17.2 Å². The van der Waals surface area contributed by atoms with E-state index in [0.29, 0.717) is 33.9 Å². The molecular formula is C22H30N4O5S. The van der Waals surface area contributed by atoms with Crippen LogP contribution in [-0.4, -0.2) is 62.7 Å². The highest BCUT2D eigenvalue weighted by molar-refractivity contribution is 7.13. The Kier molecular flexibility index (Phi) is 8.29. The lowest BCUT2D eigenvalue weighted by Gasteiger charge is -2.30. The molecule has 2 N–H and O–H groups in total. The first-order chi connectivity index (χ1) is 15.4. The van der Waals surface area contributed by atoms with E-state index in [1.165, 1.54) is 57.6 Å². The highest BCUT2D eigenvalue weighted by Gasteiger charge is 2.19. The van der Waals surface area contributed by atoms with E-state index >= 15 is 0 Å². The Hall–Kier alpha value is -2.85. The number of nitrogens with zero attached hydrogens (tertiary/aromatic N) is 2. The minimum atomic E-state index is -0.432. The van der Waals surface area contributed by atoms with Crippen molar-refractivity contribution in [2.75, 3.05) is 46.3 Å². The topological polar surface area (TPSA) is 102 Å². The van der Waals surface area contributed by atoms with Crippen molar-refractivity contribution in [1.29, 1.82) is 0 Å². The summed E-state index contributed by atoms with van der Waals surface area (Å²) in [6.45, 7) is 5.02. The summed E-state index contributed by atoms with van der Waals surface area (Å²) in [5.74, 6) is 1.04. The fourth-order valence-corrected chi connectivity index (χ4v) is 4.45. The number of piperidine rings is 1. The number of hydrogen-bond acceptors (Lipinski definition) is 8. The zero-order valence-corrected chi connectivity index (χ0v) is 19.7. The van der Waals surface area contributed by atoms with E-state index in [1.807, 2.05) is 5.38 Å². The Morgan fingerprint density at radius 1 is 1.19 bits per heavy atom. The molecule has 0 saturated carbocycles. The third kappa shape index (κ3) is 6.10. The van der Waals surface area contributed by atoms with Crippen molar-refractivity contribution >= 4 is 28.3 Å². The summed E-state index contributed by atoms with van der Waals surface area (Å²) >= 11 is 1.38. The molecule has 1 aromatic carbocycles. The van der Waals surface area contributed by atoms with Gasteiger partial charge in [-0.3, -0.25) is 14.5 Å². The van der Waals surface area contributed by atoms with Crippen molar-refractivity contribution in [2.45, 2.75) is 26.3 Å². The van der Waals surface area contributed by atoms with E-state index in [-0.39, 0.29) is 12.5 Å². The third-order valence-electron chi connectivity index (χ3n) is 5.26. The summed E-state index contributed by atoms with van der Waals surface area (Å²) in [5, 5.41) is 7.83. The second kappa shape index (κ2) is 11.1. The number of rotatable bonds is 9. The first-order valence-electron chi connectivity index (χ1n) is 10.5. The molecule has 1 atom stereocenters. The molecule has 0 radical (unpaired) electrons. The van der Waals surface area contributed by atoms with Crippen molar-refractivity contribution in [3.63, 3.8) is 0 Å². The van der Waals surface area contributed by atoms with Gasteiger partial charge in [-0.2, -0.15) is 0 Å². The number of aromatic nitrogens is 1. The van der Waals surface area contributed by atoms with Crippen LogP contribution in [0.2, 0.25) is 0 Å². The van der Waals surface area contributed by atoms with E-state index in [9.17, 15) is 9.59 Å². The average molecular weight is 463 g/mol. The van der Waals surface area contributed by atoms with E-state index in [4.69, 9.17) is 14.2 Å². The van der Waals surface area contributed by atoms with Crippen LogP contribution in [0.4, 0.5) is 5.13 Å². The number of carbonyl (C=O) groups excluding carboxylic acids is 2. The summed E-state index contributed by atoms with van der Waals surface area (Å²) < 4.78 is 15.8. The van der Waals surface area contributed by atoms with Crippen LogP contribution < -0.4 is 24.8 Å².